The van der Waals surface area contributed by atoms with E-state index in [2.05, 4.69) is 14.3 Å². The summed E-state index contributed by atoms with van der Waals surface area (Å²) in [7, 11) is 1.55. The van der Waals surface area contributed by atoms with Crippen LogP contribution in [0, 0.1) is 0 Å². The van der Waals surface area contributed by atoms with Gasteiger partial charge in [0.25, 0.3) is 0 Å². The largest absolute Gasteiger partial charge is 0.467 e. The normalized spacial score (nSPS) is 9.92. The second-order valence-corrected chi connectivity index (χ2v) is 3.00. The summed E-state index contributed by atoms with van der Waals surface area (Å²) < 4.78 is 8.91. The third-order valence-electron chi connectivity index (χ3n) is 1.54. The Morgan fingerprint density at radius 3 is 3.08 bits per heavy atom. The molecule has 2 aromatic heterocycles. The summed E-state index contributed by atoms with van der Waals surface area (Å²) in [4.78, 5) is 8.08. The van der Waals surface area contributed by atoms with Crippen molar-refractivity contribution in [1.29, 1.82) is 0 Å². The summed E-state index contributed by atoms with van der Waals surface area (Å²) in [6.07, 6.45) is 3.44. The van der Waals surface area contributed by atoms with Gasteiger partial charge in [-0.05, 0) is 17.6 Å². The van der Waals surface area contributed by atoms with Gasteiger partial charge in [0.1, 0.15) is 0 Å². The van der Waals surface area contributed by atoms with E-state index < -0.39 is 0 Å². The molecule has 2 rings (SSSR count). The van der Waals surface area contributed by atoms with Crippen molar-refractivity contribution in [2.45, 2.75) is 0 Å². The maximum Gasteiger partial charge on any atom is 0.316 e. The molecule has 66 valence electrons. The van der Waals surface area contributed by atoms with Crippen molar-refractivity contribution >= 4 is 11.5 Å². The predicted octanol–water partition coefficient (Wildman–Crippen LogP) is 1.61. The Morgan fingerprint density at radius 2 is 2.38 bits per heavy atom. The van der Waals surface area contributed by atoms with Crippen LogP contribution in [0.4, 0.5) is 0 Å². The highest BCUT2D eigenvalue weighted by Gasteiger charge is 2.02. The van der Waals surface area contributed by atoms with Crippen LogP contribution in [0.5, 0.6) is 6.01 Å². The maximum absolute atomic E-state index is 4.91. The summed E-state index contributed by atoms with van der Waals surface area (Å²) in [5.74, 6) is 0. The Bertz CT molecular complexity index is 388. The van der Waals surface area contributed by atoms with E-state index in [1.165, 1.54) is 11.5 Å². The summed E-state index contributed by atoms with van der Waals surface area (Å²) in [5, 5.41) is 1.93. The van der Waals surface area contributed by atoms with Crippen LogP contribution < -0.4 is 4.74 Å². The third-order valence-corrected chi connectivity index (χ3v) is 2.13. The van der Waals surface area contributed by atoms with Gasteiger partial charge in [0, 0.05) is 17.1 Å². The smallest absolute Gasteiger partial charge is 0.316 e. The van der Waals surface area contributed by atoms with Crippen LogP contribution in [-0.2, 0) is 0 Å². The summed E-state index contributed by atoms with van der Waals surface area (Å²) >= 11 is 1.40. The van der Waals surface area contributed by atoms with Gasteiger partial charge in [0.2, 0.25) is 0 Å². The van der Waals surface area contributed by atoms with Gasteiger partial charge >= 0.3 is 6.01 Å². The van der Waals surface area contributed by atoms with Gasteiger partial charge in [-0.2, -0.15) is 4.98 Å². The fourth-order valence-electron chi connectivity index (χ4n) is 0.931. The molecule has 2 heterocycles. The Morgan fingerprint density at radius 1 is 1.46 bits per heavy atom. The number of aromatic nitrogens is 3. The number of ether oxygens (including phenoxy) is 1. The van der Waals surface area contributed by atoms with Crippen LogP contribution in [0.3, 0.4) is 0 Å². The highest BCUT2D eigenvalue weighted by atomic mass is 32.1. The van der Waals surface area contributed by atoms with Gasteiger partial charge in [0.05, 0.1) is 19.0 Å². The molecule has 0 spiro atoms. The summed E-state index contributed by atoms with van der Waals surface area (Å²) in [5.41, 5.74) is 1.83. The molecule has 0 N–H and O–H groups in total. The Kier molecular flexibility index (Phi) is 2.18. The molecule has 0 saturated carbocycles. The molecule has 0 aliphatic rings. The minimum Gasteiger partial charge on any atom is -0.467 e. The molecular weight excluding hydrogens is 186 g/mol. The molecule has 0 radical (unpaired) electrons. The minimum absolute atomic E-state index is 0.378. The molecule has 0 fully saturated rings. The molecule has 2 aromatic rings. The van der Waals surface area contributed by atoms with Gasteiger partial charge in [-0.25, -0.2) is 9.36 Å². The minimum atomic E-state index is 0.378. The maximum atomic E-state index is 4.91. The predicted molar refractivity (Wildman–Crippen MR) is 49.7 cm³/mol. The van der Waals surface area contributed by atoms with E-state index in [1.807, 2.05) is 11.4 Å². The van der Waals surface area contributed by atoms with E-state index in [1.54, 1.807) is 19.5 Å². The molecule has 0 saturated heterocycles. The molecule has 0 aliphatic carbocycles. The number of rotatable bonds is 2. The van der Waals surface area contributed by atoms with Gasteiger partial charge in [0.15, 0.2) is 0 Å². The first-order valence-electron chi connectivity index (χ1n) is 3.67. The van der Waals surface area contributed by atoms with Crippen molar-refractivity contribution in [3.8, 4) is 17.3 Å². The molecule has 0 atom stereocenters. The Hall–Kier alpha value is -1.49. The first-order chi connectivity index (χ1) is 6.40. The summed E-state index contributed by atoms with van der Waals surface area (Å²) in [6.45, 7) is 0. The van der Waals surface area contributed by atoms with Crippen LogP contribution in [0.2, 0.25) is 0 Å². The van der Waals surface area contributed by atoms with Gasteiger partial charge in [-0.15, -0.1) is 0 Å². The molecular formula is C8H7N3OS. The number of hydrogen-bond acceptors (Lipinski definition) is 5. The van der Waals surface area contributed by atoms with Gasteiger partial charge in [-0.1, -0.05) is 0 Å². The van der Waals surface area contributed by atoms with E-state index in [0.29, 0.717) is 6.01 Å². The lowest BCUT2D eigenvalue weighted by atomic mass is 10.2. The monoisotopic (exact) mass is 193 g/mol. The van der Waals surface area contributed by atoms with Crippen LogP contribution >= 0.6 is 11.5 Å². The fraction of sp³-hybridized carbons (Fsp3) is 0.125. The molecule has 0 aliphatic heterocycles. The molecule has 0 aromatic carbocycles. The average molecular weight is 193 g/mol. The zero-order chi connectivity index (χ0) is 9.10. The lowest BCUT2D eigenvalue weighted by Crippen LogP contribution is -1.91. The van der Waals surface area contributed by atoms with E-state index in [-0.39, 0.29) is 0 Å². The quantitative estimate of drug-likeness (QED) is 0.727. The third kappa shape index (κ3) is 1.65. The topological polar surface area (TPSA) is 47.9 Å². The average Bonchev–Trinajstić information content (AvgIpc) is 2.71. The zero-order valence-corrected chi connectivity index (χ0v) is 7.78. The second-order valence-electron chi connectivity index (χ2n) is 2.34. The molecule has 5 heteroatoms. The Labute approximate surface area is 79.4 Å². The van der Waals surface area contributed by atoms with Gasteiger partial charge in [-0.3, -0.25) is 0 Å². The highest BCUT2D eigenvalue weighted by Crippen LogP contribution is 2.18. The van der Waals surface area contributed by atoms with Gasteiger partial charge < -0.3 is 4.74 Å². The molecule has 0 unspecified atom stereocenters. The van der Waals surface area contributed by atoms with E-state index in [4.69, 9.17) is 4.74 Å². The van der Waals surface area contributed by atoms with Crippen molar-refractivity contribution < 1.29 is 4.74 Å². The molecule has 4 nitrogen and oxygen atoms in total. The zero-order valence-electron chi connectivity index (χ0n) is 6.97. The SMILES string of the molecule is COc1nccc(-c2cnsc2)n1. The van der Waals surface area contributed by atoms with Crippen LogP contribution in [0.15, 0.2) is 23.8 Å². The van der Waals surface area contributed by atoms with Crippen LogP contribution in [0.1, 0.15) is 0 Å². The Balaban J connectivity index is 2.41. The van der Waals surface area contributed by atoms with Crippen molar-refractivity contribution in [2.24, 2.45) is 0 Å². The summed E-state index contributed by atoms with van der Waals surface area (Å²) in [6, 6.07) is 2.20. The first kappa shape index (κ1) is 8.12. The van der Waals surface area contributed by atoms with Crippen molar-refractivity contribution in [2.75, 3.05) is 7.11 Å². The fourth-order valence-corrected chi connectivity index (χ4v) is 1.46. The van der Waals surface area contributed by atoms with E-state index in [0.717, 1.165) is 11.3 Å². The lowest BCUT2D eigenvalue weighted by Gasteiger charge is -1.98. The lowest BCUT2D eigenvalue weighted by molar-refractivity contribution is 0.380. The molecule has 0 amide bonds. The van der Waals surface area contributed by atoms with Crippen LogP contribution in [0.25, 0.3) is 11.3 Å². The number of hydrogen-bond donors (Lipinski definition) is 0. The number of methoxy groups -OCH3 is 1. The van der Waals surface area contributed by atoms with Crippen LogP contribution in [-0.4, -0.2) is 21.5 Å². The second kappa shape index (κ2) is 3.49. The highest BCUT2D eigenvalue weighted by molar-refractivity contribution is 7.03. The van der Waals surface area contributed by atoms with Crippen molar-refractivity contribution in [3.05, 3.63) is 23.8 Å². The van der Waals surface area contributed by atoms with Crippen molar-refractivity contribution in [1.82, 2.24) is 14.3 Å². The standard InChI is InChI=1S/C8H7N3OS/c1-12-8-9-3-2-7(11-8)6-4-10-13-5-6/h2-5H,1H3. The molecule has 0 bridgehead atoms. The molecule has 13 heavy (non-hydrogen) atoms. The first-order valence-corrected chi connectivity index (χ1v) is 4.50. The van der Waals surface area contributed by atoms with E-state index in [9.17, 15) is 0 Å². The van der Waals surface area contributed by atoms with E-state index >= 15 is 0 Å². The number of nitrogens with zero attached hydrogens (tertiary/aromatic N) is 3. The van der Waals surface area contributed by atoms with Crippen molar-refractivity contribution in [3.63, 3.8) is 0 Å².